The number of nitrogens with one attached hydrogen (secondary N) is 2. The quantitative estimate of drug-likeness (QED) is 0.683. The Bertz CT molecular complexity index is 1190. The zero-order chi connectivity index (χ0) is 18.8. The summed E-state index contributed by atoms with van der Waals surface area (Å²) in [6.07, 6.45) is 5.06. The van der Waals surface area contributed by atoms with Gasteiger partial charge in [0.05, 0.1) is 11.8 Å². The topological polar surface area (TPSA) is 65.2 Å². The van der Waals surface area contributed by atoms with Crippen molar-refractivity contribution in [2.24, 2.45) is 5.92 Å². The summed E-state index contributed by atoms with van der Waals surface area (Å²) in [6.45, 7) is 1.80. The van der Waals surface area contributed by atoms with E-state index in [4.69, 9.17) is 0 Å². The third-order valence-electron chi connectivity index (χ3n) is 6.37. The summed E-state index contributed by atoms with van der Waals surface area (Å²) in [5, 5.41) is 3.59. The highest BCUT2D eigenvalue weighted by atomic mass is 16.2. The van der Waals surface area contributed by atoms with E-state index >= 15 is 0 Å². The molecule has 3 aliphatic heterocycles. The first-order chi connectivity index (χ1) is 13.7. The van der Waals surface area contributed by atoms with Crippen LogP contribution in [0.1, 0.15) is 22.6 Å². The molecule has 6 rings (SSSR count). The first-order valence-corrected chi connectivity index (χ1v) is 9.70. The van der Waals surface area contributed by atoms with Crippen LogP contribution in [0.15, 0.2) is 54.7 Å². The van der Waals surface area contributed by atoms with Crippen molar-refractivity contribution in [1.82, 2.24) is 10.3 Å². The van der Waals surface area contributed by atoms with Crippen LogP contribution < -0.4 is 10.2 Å². The highest BCUT2D eigenvalue weighted by Gasteiger charge is 2.47. The number of anilines is 1. The van der Waals surface area contributed by atoms with Crippen molar-refractivity contribution in [3.8, 4) is 0 Å². The van der Waals surface area contributed by atoms with Gasteiger partial charge in [-0.1, -0.05) is 42.5 Å². The molecule has 1 fully saturated rings. The molecule has 1 saturated heterocycles. The number of benzene rings is 2. The summed E-state index contributed by atoms with van der Waals surface area (Å²) < 4.78 is 0. The minimum absolute atomic E-state index is 0.199. The number of aromatic amines is 1. The van der Waals surface area contributed by atoms with E-state index in [0.717, 1.165) is 47.1 Å². The van der Waals surface area contributed by atoms with E-state index in [0.29, 0.717) is 0 Å². The predicted molar refractivity (Wildman–Crippen MR) is 108 cm³/mol. The molecule has 1 aromatic heterocycles. The number of imide groups is 1. The molecule has 0 radical (unpaired) electrons. The van der Waals surface area contributed by atoms with Gasteiger partial charge in [-0.2, -0.15) is 0 Å². The molecular formula is C23H19N3O2. The Morgan fingerprint density at radius 3 is 2.75 bits per heavy atom. The monoisotopic (exact) mass is 369 g/mol. The summed E-state index contributed by atoms with van der Waals surface area (Å²) in [4.78, 5) is 31.4. The minimum atomic E-state index is -0.515. The number of H-pyrrole nitrogens is 1. The van der Waals surface area contributed by atoms with E-state index < -0.39 is 11.8 Å². The smallest absolute Gasteiger partial charge is 0.235 e. The van der Waals surface area contributed by atoms with Crippen LogP contribution >= 0.6 is 0 Å². The molecule has 0 aliphatic carbocycles. The van der Waals surface area contributed by atoms with E-state index in [-0.39, 0.29) is 11.8 Å². The van der Waals surface area contributed by atoms with Crippen LogP contribution in [0.4, 0.5) is 5.69 Å². The number of amides is 2. The van der Waals surface area contributed by atoms with E-state index in [1.165, 1.54) is 11.3 Å². The zero-order valence-electron chi connectivity index (χ0n) is 15.2. The molecule has 0 saturated carbocycles. The Hall–Kier alpha value is -3.34. The number of nitrogens with zero attached hydrogens (tertiary/aromatic N) is 1. The van der Waals surface area contributed by atoms with Gasteiger partial charge in [-0.3, -0.25) is 14.9 Å². The summed E-state index contributed by atoms with van der Waals surface area (Å²) in [5.41, 5.74) is 6.52. The maximum absolute atomic E-state index is 12.9. The molecule has 2 aromatic carbocycles. The Balaban J connectivity index is 1.52. The summed E-state index contributed by atoms with van der Waals surface area (Å²) in [7, 11) is 0. The lowest BCUT2D eigenvalue weighted by Crippen LogP contribution is -2.28. The van der Waals surface area contributed by atoms with Gasteiger partial charge < -0.3 is 9.88 Å². The van der Waals surface area contributed by atoms with Crippen molar-refractivity contribution in [1.29, 1.82) is 0 Å². The number of hydrogen-bond acceptors (Lipinski definition) is 3. The molecule has 2 N–H and O–H groups in total. The summed E-state index contributed by atoms with van der Waals surface area (Å²) in [6, 6.07) is 14.2. The molecular weight excluding hydrogens is 350 g/mol. The first kappa shape index (κ1) is 15.7. The number of carbonyl (C=O) groups excluding carboxylic acids is 2. The Kier molecular flexibility index (Phi) is 3.13. The van der Waals surface area contributed by atoms with E-state index in [2.05, 4.69) is 39.5 Å². The van der Waals surface area contributed by atoms with Crippen molar-refractivity contribution in [3.05, 3.63) is 71.4 Å². The number of aromatic nitrogens is 1. The number of fused-ring (bicyclic) bond motifs is 1. The van der Waals surface area contributed by atoms with Gasteiger partial charge in [0, 0.05) is 41.4 Å². The molecule has 2 unspecified atom stereocenters. The van der Waals surface area contributed by atoms with Crippen LogP contribution in [-0.4, -0.2) is 29.9 Å². The Labute approximate surface area is 162 Å². The van der Waals surface area contributed by atoms with Crippen LogP contribution in [-0.2, 0) is 16.0 Å². The van der Waals surface area contributed by atoms with Gasteiger partial charge in [0.1, 0.15) is 0 Å². The van der Waals surface area contributed by atoms with Crippen LogP contribution in [0.5, 0.6) is 0 Å². The number of para-hydroxylation sites is 2. The van der Waals surface area contributed by atoms with Crippen molar-refractivity contribution in [3.63, 3.8) is 0 Å². The molecule has 2 atom stereocenters. The number of carbonyl (C=O) groups is 2. The van der Waals surface area contributed by atoms with Crippen LogP contribution in [0.25, 0.3) is 16.5 Å². The van der Waals surface area contributed by atoms with Gasteiger partial charge in [-0.05, 0) is 29.2 Å². The summed E-state index contributed by atoms with van der Waals surface area (Å²) >= 11 is 0. The second-order valence-corrected chi connectivity index (χ2v) is 7.77. The predicted octanol–water partition coefficient (Wildman–Crippen LogP) is 2.98. The highest BCUT2D eigenvalue weighted by molar-refractivity contribution is 6.14. The van der Waals surface area contributed by atoms with Crippen LogP contribution in [0.2, 0.25) is 0 Å². The molecule has 28 heavy (non-hydrogen) atoms. The fourth-order valence-electron chi connectivity index (χ4n) is 5.13. The van der Waals surface area contributed by atoms with Crippen LogP contribution in [0.3, 0.4) is 0 Å². The second-order valence-electron chi connectivity index (χ2n) is 7.77. The molecule has 3 aliphatic rings. The Morgan fingerprint density at radius 2 is 1.82 bits per heavy atom. The average Bonchev–Trinajstić information content (AvgIpc) is 3.39. The first-order valence-electron chi connectivity index (χ1n) is 9.70. The maximum Gasteiger partial charge on any atom is 0.235 e. The highest BCUT2D eigenvalue weighted by Crippen LogP contribution is 2.47. The standard InChI is InChI=1S/C23H19N3O2/c27-22-19(15-9-11-26-10-8-13-4-3-6-16(15)21(13)26)20(23(28)25-22)17-12-24-18-7-2-1-5-14(17)18/h1-7,9,12,19-20,24H,8,10-11H2,(H,25,27,28). The van der Waals surface area contributed by atoms with E-state index in [1.54, 1.807) is 0 Å². The van der Waals surface area contributed by atoms with Crippen molar-refractivity contribution >= 4 is 34.0 Å². The van der Waals surface area contributed by atoms with Gasteiger partial charge >= 0.3 is 0 Å². The third-order valence-corrected chi connectivity index (χ3v) is 6.37. The fraction of sp³-hybridized carbons (Fsp3) is 0.217. The molecule has 5 heteroatoms. The molecule has 4 heterocycles. The van der Waals surface area contributed by atoms with Crippen molar-refractivity contribution in [2.75, 3.05) is 18.0 Å². The lowest BCUT2D eigenvalue weighted by molar-refractivity contribution is -0.125. The van der Waals surface area contributed by atoms with Gasteiger partial charge in [0.2, 0.25) is 11.8 Å². The third kappa shape index (κ3) is 2.01. The second kappa shape index (κ2) is 5.58. The van der Waals surface area contributed by atoms with Gasteiger partial charge in [0.15, 0.2) is 0 Å². The maximum atomic E-state index is 12.9. The van der Waals surface area contributed by atoms with Crippen molar-refractivity contribution in [2.45, 2.75) is 12.3 Å². The normalized spacial score (nSPS) is 23.1. The zero-order valence-corrected chi connectivity index (χ0v) is 15.2. The van der Waals surface area contributed by atoms with Gasteiger partial charge in [-0.25, -0.2) is 0 Å². The fourth-order valence-corrected chi connectivity index (χ4v) is 5.13. The van der Waals surface area contributed by atoms with E-state index in [1.807, 2.05) is 30.5 Å². The largest absolute Gasteiger partial charge is 0.367 e. The molecule has 138 valence electrons. The number of rotatable bonds is 2. The van der Waals surface area contributed by atoms with Gasteiger partial charge in [0.25, 0.3) is 0 Å². The van der Waals surface area contributed by atoms with E-state index in [9.17, 15) is 9.59 Å². The summed E-state index contributed by atoms with van der Waals surface area (Å²) in [5.74, 6) is -1.43. The molecule has 0 bridgehead atoms. The molecule has 2 amide bonds. The minimum Gasteiger partial charge on any atom is -0.367 e. The van der Waals surface area contributed by atoms with Crippen molar-refractivity contribution < 1.29 is 9.59 Å². The molecule has 0 spiro atoms. The SMILES string of the molecule is O=C1NC(=O)C(c2c[nH]c3ccccc23)C1C1=CCN2CCc3cccc1c32. The van der Waals surface area contributed by atoms with Crippen LogP contribution in [0, 0.1) is 5.92 Å². The Morgan fingerprint density at radius 1 is 0.964 bits per heavy atom. The molecule has 3 aromatic rings. The average molecular weight is 369 g/mol. The lowest BCUT2D eigenvalue weighted by Gasteiger charge is -2.30. The van der Waals surface area contributed by atoms with Gasteiger partial charge in [-0.15, -0.1) is 0 Å². The molecule has 5 nitrogen and oxygen atoms in total. The lowest BCUT2D eigenvalue weighted by atomic mass is 9.78. The number of hydrogen-bond donors (Lipinski definition) is 2.